The van der Waals surface area contributed by atoms with Crippen LogP contribution in [-0.4, -0.2) is 0 Å². The molecular weight excluding hydrogens is 108 g/mol. The van der Waals surface area contributed by atoms with Crippen LogP contribution in [0, 0.1) is 5.92 Å². The molecule has 0 rings (SSSR count). The molecule has 1 atom stereocenters. The van der Waals surface area contributed by atoms with Gasteiger partial charge in [-0.2, -0.15) is 0 Å². The van der Waals surface area contributed by atoms with E-state index in [1.54, 1.807) is 6.92 Å². The van der Waals surface area contributed by atoms with Gasteiger partial charge in [-0.15, -0.1) is 0 Å². The summed E-state index contributed by atoms with van der Waals surface area (Å²) < 4.78 is 7.09. The van der Waals surface area contributed by atoms with E-state index in [2.05, 4.69) is 19.9 Å². The summed E-state index contributed by atoms with van der Waals surface area (Å²) in [6.07, 6.45) is 7.06. The predicted molar refractivity (Wildman–Crippen MR) is 43.4 cm³/mol. The van der Waals surface area contributed by atoms with Gasteiger partial charge in [0, 0.05) is 0 Å². The Bertz CT molecular complexity index is 130. The van der Waals surface area contributed by atoms with Crippen LogP contribution < -0.4 is 0 Å². The van der Waals surface area contributed by atoms with E-state index in [9.17, 15) is 0 Å². The van der Waals surface area contributed by atoms with E-state index < -0.39 is 0 Å². The van der Waals surface area contributed by atoms with Gasteiger partial charge in [-0.25, -0.2) is 0 Å². The Morgan fingerprint density at radius 3 is 2.67 bits per heavy atom. The molecule has 0 fully saturated rings. The minimum Gasteiger partial charge on any atom is -0.0877 e. The molecule has 0 N–H and O–H groups in total. The third kappa shape index (κ3) is 5.35. The van der Waals surface area contributed by atoms with Crippen LogP contribution in [0.15, 0.2) is 24.3 Å². The highest BCUT2D eigenvalue weighted by molar-refractivity contribution is 5.02. The molecule has 0 saturated carbocycles. The quantitative estimate of drug-likeness (QED) is 0.508. The summed E-state index contributed by atoms with van der Waals surface area (Å²) >= 11 is 0. The summed E-state index contributed by atoms with van der Waals surface area (Å²) in [7, 11) is 0. The average molecular weight is 125 g/mol. The smallest absolute Gasteiger partial charge is 0.0573 e. The minimum absolute atomic E-state index is 0.611. The molecule has 0 aliphatic rings. The van der Waals surface area contributed by atoms with Gasteiger partial charge in [-0.1, -0.05) is 44.5 Å². The highest BCUT2D eigenvalue weighted by Gasteiger charge is 1.86. The zero-order chi connectivity index (χ0) is 7.98. The van der Waals surface area contributed by atoms with E-state index in [4.69, 9.17) is 1.37 Å². The van der Waals surface area contributed by atoms with Crippen LogP contribution in [0.2, 0.25) is 0 Å². The largest absolute Gasteiger partial charge is 0.0877 e. The molecule has 0 heterocycles. The predicted octanol–water partition coefficient (Wildman–Crippen LogP) is 3.16. The van der Waals surface area contributed by atoms with Crippen molar-refractivity contribution >= 4 is 0 Å². The Kier molecular flexibility index (Phi) is 4.12. The van der Waals surface area contributed by atoms with Crippen LogP contribution in [-0.2, 0) is 0 Å². The van der Waals surface area contributed by atoms with Crippen LogP contribution in [0.1, 0.15) is 28.6 Å². The second-order valence-corrected chi connectivity index (χ2v) is 2.23. The van der Waals surface area contributed by atoms with Crippen molar-refractivity contribution in [1.29, 1.82) is 0 Å². The average Bonchev–Trinajstić information content (AvgIpc) is 1.87. The van der Waals surface area contributed by atoms with Gasteiger partial charge in [-0.3, -0.25) is 0 Å². The summed E-state index contributed by atoms with van der Waals surface area (Å²) in [4.78, 5) is 0. The monoisotopic (exact) mass is 125 g/mol. The fourth-order valence-electron chi connectivity index (χ4n) is 0.478. The zero-order valence-corrected chi connectivity index (χ0v) is 6.52. The van der Waals surface area contributed by atoms with Crippen LogP contribution in [0.3, 0.4) is 0 Å². The first-order valence-electron chi connectivity index (χ1n) is 3.98. The van der Waals surface area contributed by atoms with E-state index in [-0.39, 0.29) is 0 Å². The number of hydrogen-bond acceptors (Lipinski definition) is 0. The van der Waals surface area contributed by atoms with Crippen molar-refractivity contribution in [3.8, 4) is 0 Å². The van der Waals surface area contributed by atoms with Gasteiger partial charge in [-0.05, 0) is 12.8 Å². The lowest BCUT2D eigenvalue weighted by atomic mass is 10.1. The molecule has 0 aromatic heterocycles. The fraction of sp³-hybridized carbons (Fsp3) is 0.556. The summed E-state index contributed by atoms with van der Waals surface area (Å²) in [5.74, 6) is 0.635. The molecule has 0 aromatic carbocycles. The lowest BCUT2D eigenvalue weighted by Crippen LogP contribution is -1.82. The second-order valence-electron chi connectivity index (χ2n) is 2.23. The van der Waals surface area contributed by atoms with Gasteiger partial charge >= 0.3 is 0 Å². The minimum atomic E-state index is 0.611. The standard InChI is InChI=1S/C9H16/c1-4-6-7-8-9(3)5-2/h4,6-9H,5H2,1-3H3/b6-4+,8-7-/t9-/m0/s1/i4D. The van der Waals surface area contributed by atoms with Crippen molar-refractivity contribution in [3.05, 3.63) is 24.3 Å². The first-order valence-corrected chi connectivity index (χ1v) is 3.48. The molecule has 0 aromatic rings. The Labute approximate surface area is 59.7 Å². The zero-order valence-electron chi connectivity index (χ0n) is 7.52. The maximum Gasteiger partial charge on any atom is 0.0573 e. The summed E-state index contributed by atoms with van der Waals surface area (Å²) in [5, 5.41) is 0. The van der Waals surface area contributed by atoms with E-state index in [1.807, 2.05) is 12.2 Å². The van der Waals surface area contributed by atoms with Gasteiger partial charge < -0.3 is 0 Å². The number of rotatable bonds is 3. The van der Waals surface area contributed by atoms with Crippen molar-refractivity contribution in [2.45, 2.75) is 27.2 Å². The fourth-order valence-corrected chi connectivity index (χ4v) is 0.478. The van der Waals surface area contributed by atoms with Crippen LogP contribution in [0.4, 0.5) is 0 Å². The first kappa shape index (κ1) is 6.60. The van der Waals surface area contributed by atoms with Crippen LogP contribution >= 0.6 is 0 Å². The third-order valence-corrected chi connectivity index (χ3v) is 1.35. The Hall–Kier alpha value is -0.520. The van der Waals surface area contributed by atoms with E-state index in [0.29, 0.717) is 12.0 Å². The first-order chi connectivity index (χ1) is 4.66. The normalized spacial score (nSPS) is 18.1. The molecule has 0 amide bonds. The molecule has 52 valence electrons. The molecule has 0 heteroatoms. The molecule has 0 radical (unpaired) electrons. The van der Waals surface area contributed by atoms with E-state index in [1.165, 1.54) is 6.42 Å². The van der Waals surface area contributed by atoms with Crippen molar-refractivity contribution in [1.82, 2.24) is 0 Å². The van der Waals surface area contributed by atoms with Gasteiger partial charge in [0.15, 0.2) is 0 Å². The maximum atomic E-state index is 7.09. The molecule has 0 aliphatic heterocycles. The summed E-state index contributed by atoms with van der Waals surface area (Å²) in [6, 6.07) is 0.611. The van der Waals surface area contributed by atoms with Gasteiger partial charge in [0.1, 0.15) is 0 Å². The molecular formula is C9H16. The van der Waals surface area contributed by atoms with E-state index >= 15 is 0 Å². The highest BCUT2D eigenvalue weighted by Crippen LogP contribution is 2.01. The molecule has 0 saturated heterocycles. The van der Waals surface area contributed by atoms with Crippen molar-refractivity contribution in [3.63, 3.8) is 0 Å². The van der Waals surface area contributed by atoms with Crippen molar-refractivity contribution < 1.29 is 1.37 Å². The summed E-state index contributed by atoms with van der Waals surface area (Å²) in [6.45, 7) is 6.11. The molecule has 0 spiro atoms. The highest BCUT2D eigenvalue weighted by atomic mass is 13.9. The lowest BCUT2D eigenvalue weighted by Gasteiger charge is -1.96. The van der Waals surface area contributed by atoms with Crippen LogP contribution in [0.25, 0.3) is 0 Å². The SMILES string of the molecule is [2H]/C(C)=C\C=C/[C@@H](C)CC. The summed E-state index contributed by atoms with van der Waals surface area (Å²) in [5.41, 5.74) is 0. The lowest BCUT2D eigenvalue weighted by molar-refractivity contribution is 0.698. The third-order valence-electron chi connectivity index (χ3n) is 1.35. The topological polar surface area (TPSA) is 0 Å². The second kappa shape index (κ2) is 5.61. The Morgan fingerprint density at radius 1 is 1.56 bits per heavy atom. The molecule has 0 aliphatic carbocycles. The molecule has 9 heavy (non-hydrogen) atoms. The molecule has 0 nitrogen and oxygen atoms in total. The van der Waals surface area contributed by atoms with E-state index in [0.717, 1.165) is 0 Å². The maximum absolute atomic E-state index is 7.09. The van der Waals surface area contributed by atoms with Crippen molar-refractivity contribution in [2.24, 2.45) is 5.92 Å². The van der Waals surface area contributed by atoms with Gasteiger partial charge in [0.05, 0.1) is 1.37 Å². The van der Waals surface area contributed by atoms with Crippen LogP contribution in [0.5, 0.6) is 0 Å². The van der Waals surface area contributed by atoms with Crippen molar-refractivity contribution in [2.75, 3.05) is 0 Å². The molecule has 0 unspecified atom stereocenters. The van der Waals surface area contributed by atoms with Gasteiger partial charge in [0.25, 0.3) is 0 Å². The number of allylic oxidation sites excluding steroid dienone is 4. The Balaban J connectivity index is 3.66. The Morgan fingerprint density at radius 2 is 2.22 bits per heavy atom. The molecule has 0 bridgehead atoms. The number of hydrogen-bond donors (Lipinski definition) is 0. The van der Waals surface area contributed by atoms with Gasteiger partial charge in [0.2, 0.25) is 0 Å².